The van der Waals surface area contributed by atoms with Gasteiger partial charge in [0.05, 0.1) is 0 Å². The quantitative estimate of drug-likeness (QED) is 0.425. The summed E-state index contributed by atoms with van der Waals surface area (Å²) >= 11 is 0. The van der Waals surface area contributed by atoms with E-state index < -0.39 is 6.04 Å². The van der Waals surface area contributed by atoms with Crippen LogP contribution in [0.1, 0.15) is 5.69 Å². The van der Waals surface area contributed by atoms with Crippen LogP contribution in [0, 0.1) is 0 Å². The number of aromatic nitrogens is 1. The number of para-hydroxylation sites is 1. The molecule has 1 aromatic carbocycles. The lowest BCUT2D eigenvalue weighted by Crippen LogP contribution is -2.44. The highest BCUT2D eigenvalue weighted by molar-refractivity contribution is 5.84. The van der Waals surface area contributed by atoms with Crippen LogP contribution in [0.5, 0.6) is 0 Å². The predicted octanol–water partition coefficient (Wildman–Crippen LogP) is 1.09. The summed E-state index contributed by atoms with van der Waals surface area (Å²) in [7, 11) is 0. The van der Waals surface area contributed by atoms with Gasteiger partial charge in [0.15, 0.2) is 0 Å². The first-order valence-electron chi connectivity index (χ1n) is 6.01. The predicted molar refractivity (Wildman–Crippen MR) is 74.1 cm³/mol. The minimum atomic E-state index is -0.456. The highest BCUT2D eigenvalue weighted by Crippen LogP contribution is 2.10. The van der Waals surface area contributed by atoms with E-state index >= 15 is 0 Å². The van der Waals surface area contributed by atoms with Crippen molar-refractivity contribution in [2.45, 2.75) is 12.5 Å². The molecule has 5 heteroatoms. The molecule has 2 aromatic rings. The number of nitrogens with two attached hydrogens (primary N) is 1. The Balaban J connectivity index is 2.10. The standard InChI is InChI=1S/C14H16N4O/c15-18-14(19)13(10-12-8-4-5-9-16-12)17-11-6-2-1-3-7-11/h1-9,13,17H,10,15H2,(H,18,19). The lowest BCUT2D eigenvalue weighted by atomic mass is 10.1. The van der Waals surface area contributed by atoms with Crippen molar-refractivity contribution in [2.75, 3.05) is 5.32 Å². The van der Waals surface area contributed by atoms with E-state index in [1.807, 2.05) is 48.5 Å². The molecule has 1 heterocycles. The Morgan fingerprint density at radius 2 is 1.89 bits per heavy atom. The summed E-state index contributed by atoms with van der Waals surface area (Å²) in [6, 6.07) is 14.7. The van der Waals surface area contributed by atoms with Crippen LogP contribution in [0.2, 0.25) is 0 Å². The lowest BCUT2D eigenvalue weighted by molar-refractivity contribution is -0.121. The van der Waals surface area contributed by atoms with Crippen LogP contribution in [0.3, 0.4) is 0 Å². The highest BCUT2D eigenvalue weighted by Gasteiger charge is 2.18. The maximum absolute atomic E-state index is 11.8. The molecule has 0 aliphatic carbocycles. The third kappa shape index (κ3) is 3.79. The molecule has 19 heavy (non-hydrogen) atoms. The molecule has 0 aliphatic heterocycles. The van der Waals surface area contributed by atoms with Gasteiger partial charge < -0.3 is 5.32 Å². The van der Waals surface area contributed by atoms with Gasteiger partial charge in [0.2, 0.25) is 0 Å². The summed E-state index contributed by atoms with van der Waals surface area (Å²) in [4.78, 5) is 16.0. The minimum absolute atomic E-state index is 0.269. The first kappa shape index (κ1) is 13.0. The Bertz CT molecular complexity index is 474. The molecular weight excluding hydrogens is 240 g/mol. The number of hydrogen-bond donors (Lipinski definition) is 3. The van der Waals surface area contributed by atoms with Crippen molar-refractivity contribution in [3.63, 3.8) is 0 Å². The molecule has 0 saturated heterocycles. The molecule has 2 rings (SSSR count). The Hall–Kier alpha value is -2.40. The van der Waals surface area contributed by atoms with E-state index in [1.54, 1.807) is 6.20 Å². The number of amides is 1. The van der Waals surface area contributed by atoms with Crippen LogP contribution < -0.4 is 16.6 Å². The number of carbonyl (C=O) groups is 1. The second kappa shape index (κ2) is 6.51. The van der Waals surface area contributed by atoms with Gasteiger partial charge in [-0.25, -0.2) is 5.84 Å². The summed E-state index contributed by atoms with van der Waals surface area (Å²) in [6.45, 7) is 0. The van der Waals surface area contributed by atoms with Crippen molar-refractivity contribution in [3.8, 4) is 0 Å². The average molecular weight is 256 g/mol. The van der Waals surface area contributed by atoms with E-state index in [1.165, 1.54) is 0 Å². The number of carbonyl (C=O) groups excluding carboxylic acids is 1. The first-order valence-corrected chi connectivity index (χ1v) is 6.01. The van der Waals surface area contributed by atoms with Gasteiger partial charge in [0.1, 0.15) is 6.04 Å². The molecular formula is C14H16N4O. The number of rotatable bonds is 5. The van der Waals surface area contributed by atoms with Gasteiger partial charge in [0, 0.05) is 24.0 Å². The monoisotopic (exact) mass is 256 g/mol. The Morgan fingerprint density at radius 1 is 1.16 bits per heavy atom. The van der Waals surface area contributed by atoms with Crippen LogP contribution >= 0.6 is 0 Å². The number of hydrogen-bond acceptors (Lipinski definition) is 4. The van der Waals surface area contributed by atoms with Crippen LogP contribution in [0.4, 0.5) is 5.69 Å². The largest absolute Gasteiger partial charge is 0.373 e. The van der Waals surface area contributed by atoms with Gasteiger partial charge in [-0.05, 0) is 24.3 Å². The Kier molecular flexibility index (Phi) is 4.47. The first-order chi connectivity index (χ1) is 9.29. The number of nitrogens with one attached hydrogen (secondary N) is 2. The number of hydrazine groups is 1. The van der Waals surface area contributed by atoms with Gasteiger partial charge in [-0.3, -0.25) is 15.2 Å². The topological polar surface area (TPSA) is 80.0 Å². The molecule has 5 nitrogen and oxygen atoms in total. The summed E-state index contributed by atoms with van der Waals surface area (Å²) in [5, 5.41) is 3.15. The van der Waals surface area contributed by atoms with E-state index in [9.17, 15) is 4.79 Å². The third-order valence-electron chi connectivity index (χ3n) is 2.71. The van der Waals surface area contributed by atoms with Gasteiger partial charge in [-0.1, -0.05) is 24.3 Å². The highest BCUT2D eigenvalue weighted by atomic mass is 16.2. The van der Waals surface area contributed by atoms with Crippen molar-refractivity contribution >= 4 is 11.6 Å². The summed E-state index contributed by atoms with van der Waals surface area (Å²) in [5.74, 6) is 4.95. The summed E-state index contributed by atoms with van der Waals surface area (Å²) in [6.07, 6.45) is 2.17. The molecule has 0 saturated carbocycles. The molecule has 1 amide bonds. The number of pyridine rings is 1. The lowest BCUT2D eigenvalue weighted by Gasteiger charge is -2.17. The molecule has 1 unspecified atom stereocenters. The van der Waals surface area contributed by atoms with E-state index in [0.29, 0.717) is 6.42 Å². The zero-order valence-corrected chi connectivity index (χ0v) is 10.4. The van der Waals surface area contributed by atoms with E-state index in [-0.39, 0.29) is 5.91 Å². The third-order valence-corrected chi connectivity index (χ3v) is 2.71. The SMILES string of the molecule is NNC(=O)C(Cc1ccccn1)Nc1ccccc1. The average Bonchev–Trinajstić information content (AvgIpc) is 2.48. The zero-order valence-electron chi connectivity index (χ0n) is 10.4. The molecule has 0 fully saturated rings. The maximum Gasteiger partial charge on any atom is 0.256 e. The molecule has 4 N–H and O–H groups in total. The second-order valence-electron chi connectivity index (χ2n) is 4.10. The molecule has 1 aromatic heterocycles. The van der Waals surface area contributed by atoms with Gasteiger partial charge in [-0.2, -0.15) is 0 Å². The number of nitrogens with zero attached hydrogens (tertiary/aromatic N) is 1. The van der Waals surface area contributed by atoms with Crippen molar-refractivity contribution in [2.24, 2.45) is 5.84 Å². The fourth-order valence-electron chi connectivity index (χ4n) is 1.77. The van der Waals surface area contributed by atoms with Gasteiger partial charge in [0.25, 0.3) is 5.91 Å². The fraction of sp³-hybridized carbons (Fsp3) is 0.143. The minimum Gasteiger partial charge on any atom is -0.373 e. The van der Waals surface area contributed by atoms with Crippen molar-refractivity contribution < 1.29 is 4.79 Å². The van der Waals surface area contributed by atoms with Crippen molar-refractivity contribution in [1.29, 1.82) is 0 Å². The number of anilines is 1. The molecule has 98 valence electrons. The van der Waals surface area contributed by atoms with E-state index in [2.05, 4.69) is 15.7 Å². The summed E-state index contributed by atoms with van der Waals surface area (Å²) in [5.41, 5.74) is 3.88. The van der Waals surface area contributed by atoms with Gasteiger partial charge >= 0.3 is 0 Å². The molecule has 0 radical (unpaired) electrons. The Labute approximate surface area is 111 Å². The molecule has 1 atom stereocenters. The smallest absolute Gasteiger partial charge is 0.256 e. The molecule has 0 spiro atoms. The van der Waals surface area contributed by atoms with Gasteiger partial charge in [-0.15, -0.1) is 0 Å². The van der Waals surface area contributed by atoms with Crippen LogP contribution in [-0.2, 0) is 11.2 Å². The fourth-order valence-corrected chi connectivity index (χ4v) is 1.77. The van der Waals surface area contributed by atoms with Crippen molar-refractivity contribution in [3.05, 3.63) is 60.4 Å². The van der Waals surface area contributed by atoms with E-state index in [4.69, 9.17) is 5.84 Å². The number of benzene rings is 1. The van der Waals surface area contributed by atoms with Crippen molar-refractivity contribution in [1.82, 2.24) is 10.4 Å². The maximum atomic E-state index is 11.8. The van der Waals surface area contributed by atoms with Crippen LogP contribution in [0.25, 0.3) is 0 Å². The normalized spacial score (nSPS) is 11.6. The summed E-state index contributed by atoms with van der Waals surface area (Å²) < 4.78 is 0. The Morgan fingerprint density at radius 3 is 2.53 bits per heavy atom. The zero-order chi connectivity index (χ0) is 13.5. The van der Waals surface area contributed by atoms with Crippen LogP contribution in [-0.4, -0.2) is 16.9 Å². The van der Waals surface area contributed by atoms with Crippen LogP contribution in [0.15, 0.2) is 54.7 Å². The molecule has 0 aliphatic rings. The molecule has 0 bridgehead atoms. The van der Waals surface area contributed by atoms with E-state index in [0.717, 1.165) is 11.4 Å². The second-order valence-corrected chi connectivity index (χ2v) is 4.10.